The van der Waals surface area contributed by atoms with E-state index in [2.05, 4.69) is 15.1 Å². The van der Waals surface area contributed by atoms with Gasteiger partial charge in [-0.3, -0.25) is 15.1 Å². The molecule has 0 bridgehead atoms. The van der Waals surface area contributed by atoms with Crippen molar-refractivity contribution in [3.63, 3.8) is 0 Å². The molecule has 7 nitrogen and oxygen atoms in total. The first-order chi connectivity index (χ1) is 10.6. The van der Waals surface area contributed by atoms with Gasteiger partial charge in [0.2, 0.25) is 5.82 Å². The first-order valence-electron chi connectivity index (χ1n) is 5.95. The third-order valence-corrected chi connectivity index (χ3v) is 3.42. The van der Waals surface area contributed by atoms with Crippen LogP contribution in [-0.4, -0.2) is 20.0 Å². The van der Waals surface area contributed by atoms with Crippen LogP contribution in [0.25, 0.3) is 23.0 Å². The van der Waals surface area contributed by atoms with E-state index in [0.717, 1.165) is 0 Å². The number of nitrogens with zero attached hydrogens (tertiary/aromatic N) is 4. The van der Waals surface area contributed by atoms with E-state index >= 15 is 0 Å². The Labute approximate surface area is 133 Å². The van der Waals surface area contributed by atoms with Gasteiger partial charge in [0.1, 0.15) is 5.69 Å². The van der Waals surface area contributed by atoms with Crippen LogP contribution in [0.3, 0.4) is 0 Å². The molecule has 0 spiro atoms. The Morgan fingerprint density at radius 3 is 2.59 bits per heavy atom. The number of aromatic nitrogens is 3. The molecule has 0 aliphatic carbocycles. The molecular formula is C13H6Cl2N4O3. The van der Waals surface area contributed by atoms with E-state index in [0.29, 0.717) is 15.6 Å². The molecule has 0 N–H and O–H groups in total. The van der Waals surface area contributed by atoms with Crippen molar-refractivity contribution in [2.75, 3.05) is 0 Å². The summed E-state index contributed by atoms with van der Waals surface area (Å²) in [4.78, 5) is 18.4. The van der Waals surface area contributed by atoms with E-state index in [-0.39, 0.29) is 23.1 Å². The van der Waals surface area contributed by atoms with E-state index in [1.54, 1.807) is 18.2 Å². The van der Waals surface area contributed by atoms with Crippen LogP contribution in [0.5, 0.6) is 0 Å². The fourth-order valence-corrected chi connectivity index (χ4v) is 2.36. The van der Waals surface area contributed by atoms with Gasteiger partial charge in [0.05, 0.1) is 20.5 Å². The van der Waals surface area contributed by atoms with Crippen LogP contribution in [-0.2, 0) is 0 Å². The minimum Gasteiger partial charge on any atom is -0.332 e. The zero-order valence-corrected chi connectivity index (χ0v) is 12.2. The molecule has 0 saturated carbocycles. The molecular weight excluding hydrogens is 331 g/mol. The van der Waals surface area contributed by atoms with Gasteiger partial charge in [-0.25, -0.2) is 0 Å². The summed E-state index contributed by atoms with van der Waals surface area (Å²) in [6.45, 7) is 0. The van der Waals surface area contributed by atoms with Crippen molar-refractivity contribution in [1.29, 1.82) is 0 Å². The molecule has 0 amide bonds. The highest BCUT2D eigenvalue weighted by atomic mass is 35.5. The zero-order chi connectivity index (χ0) is 15.7. The third kappa shape index (κ3) is 2.63. The predicted octanol–water partition coefficient (Wildman–Crippen LogP) is 4.01. The maximum Gasteiger partial charge on any atom is 0.277 e. The molecule has 2 aromatic heterocycles. The molecule has 0 aliphatic heterocycles. The van der Waals surface area contributed by atoms with Crippen LogP contribution in [0.2, 0.25) is 10.0 Å². The van der Waals surface area contributed by atoms with E-state index < -0.39 is 4.92 Å². The predicted molar refractivity (Wildman–Crippen MR) is 79.6 cm³/mol. The van der Waals surface area contributed by atoms with Gasteiger partial charge in [0.25, 0.3) is 11.6 Å². The number of benzene rings is 1. The molecule has 3 aromatic rings. The second kappa shape index (κ2) is 5.70. The topological polar surface area (TPSA) is 95.0 Å². The van der Waals surface area contributed by atoms with E-state index in [1.165, 1.54) is 18.3 Å². The Morgan fingerprint density at radius 2 is 1.91 bits per heavy atom. The smallest absolute Gasteiger partial charge is 0.277 e. The number of nitro groups is 1. The first kappa shape index (κ1) is 14.4. The molecule has 3 rings (SSSR count). The Balaban J connectivity index is 2.05. The van der Waals surface area contributed by atoms with Gasteiger partial charge in [-0.05, 0) is 12.1 Å². The summed E-state index contributed by atoms with van der Waals surface area (Å²) in [5.74, 6) is 0.216. The lowest BCUT2D eigenvalue weighted by Crippen LogP contribution is -1.90. The monoisotopic (exact) mass is 336 g/mol. The maximum atomic E-state index is 10.8. The summed E-state index contributed by atoms with van der Waals surface area (Å²) >= 11 is 12.2. The van der Waals surface area contributed by atoms with E-state index in [9.17, 15) is 10.1 Å². The van der Waals surface area contributed by atoms with Crippen LogP contribution in [0.1, 0.15) is 0 Å². The second-order valence-electron chi connectivity index (χ2n) is 4.18. The van der Waals surface area contributed by atoms with Gasteiger partial charge in [0.15, 0.2) is 0 Å². The number of hydrogen-bond donors (Lipinski definition) is 0. The van der Waals surface area contributed by atoms with Crippen molar-refractivity contribution in [2.24, 2.45) is 0 Å². The first-order valence-corrected chi connectivity index (χ1v) is 6.71. The summed E-state index contributed by atoms with van der Waals surface area (Å²) in [5.41, 5.74) is 0.489. The number of rotatable bonds is 3. The van der Waals surface area contributed by atoms with Crippen LogP contribution in [0.15, 0.2) is 41.1 Å². The van der Waals surface area contributed by atoms with Crippen molar-refractivity contribution < 1.29 is 9.45 Å². The van der Waals surface area contributed by atoms with Crippen LogP contribution < -0.4 is 0 Å². The fraction of sp³-hybridized carbons (Fsp3) is 0. The summed E-state index contributed by atoms with van der Waals surface area (Å²) in [6.07, 6.45) is 1.29. The molecule has 0 radical (unpaired) electrons. The molecule has 0 unspecified atom stereocenters. The zero-order valence-electron chi connectivity index (χ0n) is 10.7. The summed E-state index contributed by atoms with van der Waals surface area (Å²) in [7, 11) is 0. The van der Waals surface area contributed by atoms with Gasteiger partial charge < -0.3 is 4.52 Å². The minimum atomic E-state index is -0.534. The average Bonchev–Trinajstić information content (AvgIpc) is 2.97. The fourth-order valence-electron chi connectivity index (χ4n) is 1.79. The average molecular weight is 337 g/mol. The molecule has 22 heavy (non-hydrogen) atoms. The molecule has 0 saturated heterocycles. The highest BCUT2D eigenvalue weighted by Crippen LogP contribution is 2.33. The van der Waals surface area contributed by atoms with Crippen molar-refractivity contribution in [1.82, 2.24) is 15.1 Å². The van der Waals surface area contributed by atoms with Crippen molar-refractivity contribution in [3.8, 4) is 23.0 Å². The summed E-state index contributed by atoms with van der Waals surface area (Å²) in [6, 6.07) is 7.49. The van der Waals surface area contributed by atoms with Gasteiger partial charge in [-0.15, -0.1) is 0 Å². The summed E-state index contributed by atoms with van der Waals surface area (Å²) in [5, 5.41) is 15.3. The van der Waals surface area contributed by atoms with Gasteiger partial charge in [-0.2, -0.15) is 4.98 Å². The number of halogens is 2. The number of pyridine rings is 1. The molecule has 9 heteroatoms. The Bertz CT molecular complexity index is 846. The van der Waals surface area contributed by atoms with Crippen molar-refractivity contribution >= 4 is 28.9 Å². The summed E-state index contributed by atoms with van der Waals surface area (Å²) < 4.78 is 5.09. The Morgan fingerprint density at radius 1 is 1.18 bits per heavy atom. The lowest BCUT2D eigenvalue weighted by atomic mass is 10.2. The van der Waals surface area contributed by atoms with Crippen molar-refractivity contribution in [2.45, 2.75) is 0 Å². The maximum absolute atomic E-state index is 10.8. The van der Waals surface area contributed by atoms with E-state index in [4.69, 9.17) is 27.7 Å². The molecule has 0 aliphatic rings. The standard InChI is InChI=1S/C13H6Cl2N4O3/c14-8-2-1-3-9(15)11(8)12-17-13(22-18-12)10-6-7(19(20)21)4-5-16-10/h1-6H. The lowest BCUT2D eigenvalue weighted by molar-refractivity contribution is -0.384. The van der Waals surface area contributed by atoms with Gasteiger partial charge >= 0.3 is 0 Å². The highest BCUT2D eigenvalue weighted by molar-refractivity contribution is 6.38. The molecule has 0 fully saturated rings. The quantitative estimate of drug-likeness (QED) is 0.529. The van der Waals surface area contributed by atoms with Gasteiger partial charge in [-0.1, -0.05) is 34.4 Å². The third-order valence-electron chi connectivity index (χ3n) is 2.79. The highest BCUT2D eigenvalue weighted by Gasteiger charge is 2.18. The molecule has 2 heterocycles. The van der Waals surface area contributed by atoms with E-state index in [1.807, 2.05) is 0 Å². The SMILES string of the molecule is O=[N+]([O-])c1ccnc(-c2nc(-c3c(Cl)cccc3Cl)no2)c1. The van der Waals surface area contributed by atoms with Crippen LogP contribution in [0.4, 0.5) is 5.69 Å². The van der Waals surface area contributed by atoms with Crippen LogP contribution in [0, 0.1) is 10.1 Å². The second-order valence-corrected chi connectivity index (χ2v) is 4.99. The molecule has 1 aromatic carbocycles. The van der Waals surface area contributed by atoms with Crippen molar-refractivity contribution in [3.05, 3.63) is 56.7 Å². The molecule has 0 atom stereocenters. The Kier molecular flexibility index (Phi) is 3.74. The minimum absolute atomic E-state index is 0.0367. The van der Waals surface area contributed by atoms with Gasteiger partial charge in [0, 0.05) is 18.3 Å². The lowest BCUT2D eigenvalue weighted by Gasteiger charge is -2.00. The van der Waals surface area contributed by atoms with Crippen LogP contribution >= 0.6 is 23.2 Å². The largest absolute Gasteiger partial charge is 0.332 e. The Hall–Kier alpha value is -2.51. The molecule has 110 valence electrons. The number of hydrogen-bond acceptors (Lipinski definition) is 6. The normalized spacial score (nSPS) is 10.6.